The molecule has 136 valence electrons. The van der Waals surface area contributed by atoms with Crippen LogP contribution in [0.5, 0.6) is 0 Å². The fourth-order valence-electron chi connectivity index (χ4n) is 4.48. The molecule has 0 spiro atoms. The first-order valence-electron chi connectivity index (χ1n) is 9.07. The van der Waals surface area contributed by atoms with E-state index in [4.69, 9.17) is 0 Å². The Hall–Kier alpha value is -2.63. The minimum atomic E-state index is -0.767. The van der Waals surface area contributed by atoms with Gasteiger partial charge in [0, 0.05) is 18.8 Å². The van der Waals surface area contributed by atoms with Crippen LogP contribution in [0.4, 0.5) is 0 Å². The number of amides is 1. The summed E-state index contributed by atoms with van der Waals surface area (Å²) in [5.74, 6) is -0.880. The summed E-state index contributed by atoms with van der Waals surface area (Å²) in [5.41, 5.74) is 2.57. The summed E-state index contributed by atoms with van der Waals surface area (Å²) in [4.78, 5) is 26.5. The van der Waals surface area contributed by atoms with Crippen molar-refractivity contribution in [3.05, 3.63) is 47.3 Å². The third-order valence-corrected chi connectivity index (χ3v) is 5.97. The first-order chi connectivity index (χ1) is 12.4. The number of aryl methyl sites for hydroxylation is 2. The van der Waals surface area contributed by atoms with Gasteiger partial charge in [0.05, 0.1) is 11.1 Å². The second-order valence-corrected chi connectivity index (χ2v) is 7.65. The molecule has 2 atom stereocenters. The molecule has 6 heteroatoms. The van der Waals surface area contributed by atoms with Gasteiger partial charge in [0.25, 0.3) is 5.91 Å². The Labute approximate surface area is 152 Å². The van der Waals surface area contributed by atoms with Gasteiger partial charge in [0.2, 0.25) is 0 Å². The average Bonchev–Trinajstić information content (AvgIpc) is 3.27. The van der Waals surface area contributed by atoms with Crippen LogP contribution in [-0.2, 0) is 4.79 Å². The lowest BCUT2D eigenvalue weighted by atomic mass is 9.81. The van der Waals surface area contributed by atoms with Crippen LogP contribution in [0.3, 0.4) is 0 Å². The molecular weight excluding hydrogens is 330 g/mol. The van der Waals surface area contributed by atoms with Crippen molar-refractivity contribution >= 4 is 11.9 Å². The molecule has 1 amide bonds. The maximum atomic E-state index is 13.0. The fourth-order valence-corrected chi connectivity index (χ4v) is 4.48. The highest BCUT2D eigenvalue weighted by Gasteiger charge is 2.56. The zero-order chi connectivity index (χ0) is 18.5. The van der Waals surface area contributed by atoms with E-state index in [0.717, 1.165) is 29.8 Å². The molecule has 1 saturated carbocycles. The van der Waals surface area contributed by atoms with Gasteiger partial charge < -0.3 is 10.0 Å². The molecule has 4 rings (SSSR count). The van der Waals surface area contributed by atoms with E-state index in [1.165, 1.54) is 0 Å². The molecule has 2 aliphatic rings. The molecule has 1 N–H and O–H groups in total. The van der Waals surface area contributed by atoms with Gasteiger partial charge in [0.1, 0.15) is 0 Å². The monoisotopic (exact) mass is 353 g/mol. The van der Waals surface area contributed by atoms with Crippen molar-refractivity contribution in [3.8, 4) is 5.69 Å². The van der Waals surface area contributed by atoms with E-state index in [1.54, 1.807) is 15.6 Å². The molecule has 26 heavy (non-hydrogen) atoms. The van der Waals surface area contributed by atoms with Gasteiger partial charge in [-0.3, -0.25) is 9.59 Å². The van der Waals surface area contributed by atoms with Crippen molar-refractivity contribution in [1.29, 1.82) is 0 Å². The maximum absolute atomic E-state index is 13.0. The van der Waals surface area contributed by atoms with Crippen LogP contribution in [0.1, 0.15) is 41.0 Å². The zero-order valence-electron chi connectivity index (χ0n) is 15.1. The lowest BCUT2D eigenvalue weighted by Crippen LogP contribution is -2.37. The number of aliphatic carboxylic acids is 1. The molecule has 1 aliphatic carbocycles. The molecule has 1 aromatic carbocycles. The van der Waals surface area contributed by atoms with Gasteiger partial charge >= 0.3 is 5.97 Å². The summed E-state index contributed by atoms with van der Waals surface area (Å²) in [6, 6.07) is 9.75. The highest BCUT2D eigenvalue weighted by Crippen LogP contribution is 2.49. The van der Waals surface area contributed by atoms with Crippen molar-refractivity contribution in [3.63, 3.8) is 0 Å². The number of carboxylic acids is 1. The Morgan fingerprint density at radius 2 is 1.96 bits per heavy atom. The van der Waals surface area contributed by atoms with Crippen LogP contribution < -0.4 is 0 Å². The number of aromatic nitrogens is 2. The number of rotatable bonds is 3. The van der Waals surface area contributed by atoms with Gasteiger partial charge in [0.15, 0.2) is 5.69 Å². The number of carbonyl (C=O) groups is 2. The number of carboxylic acid groups (broad SMARTS) is 1. The predicted molar refractivity (Wildman–Crippen MR) is 96.4 cm³/mol. The lowest BCUT2D eigenvalue weighted by molar-refractivity contribution is -0.149. The maximum Gasteiger partial charge on any atom is 0.311 e. The molecule has 6 nitrogen and oxygen atoms in total. The van der Waals surface area contributed by atoms with E-state index < -0.39 is 11.4 Å². The number of likely N-dealkylation sites (tertiary alicyclic amines) is 1. The first kappa shape index (κ1) is 16.8. The highest BCUT2D eigenvalue weighted by molar-refractivity contribution is 5.93. The van der Waals surface area contributed by atoms with Crippen molar-refractivity contribution < 1.29 is 14.7 Å². The standard InChI is InChI=1S/C20H23N3O3/c1-13-5-7-16(8-6-13)23-14(2)10-17(21-23)18(24)22-11-15-4-3-9-20(15,12-22)19(25)26/h5-8,10,15H,3-4,9,11-12H2,1-2H3,(H,25,26)/t15-,20+/m0/s1. The van der Waals surface area contributed by atoms with Crippen molar-refractivity contribution in [2.45, 2.75) is 33.1 Å². The summed E-state index contributed by atoms with van der Waals surface area (Å²) in [6.45, 7) is 4.75. The topological polar surface area (TPSA) is 75.4 Å². The zero-order valence-corrected chi connectivity index (χ0v) is 15.1. The second-order valence-electron chi connectivity index (χ2n) is 7.65. The number of carbonyl (C=O) groups excluding carboxylic acids is 1. The Kier molecular flexibility index (Phi) is 3.86. The number of fused-ring (bicyclic) bond motifs is 1. The molecule has 1 aliphatic heterocycles. The summed E-state index contributed by atoms with van der Waals surface area (Å²) in [7, 11) is 0. The van der Waals surface area contributed by atoms with E-state index in [0.29, 0.717) is 25.2 Å². The van der Waals surface area contributed by atoms with Crippen LogP contribution >= 0.6 is 0 Å². The fraction of sp³-hybridized carbons (Fsp3) is 0.450. The highest BCUT2D eigenvalue weighted by atomic mass is 16.4. The van der Waals surface area contributed by atoms with Gasteiger partial charge in [-0.15, -0.1) is 0 Å². The van der Waals surface area contributed by atoms with Crippen LogP contribution in [0.15, 0.2) is 30.3 Å². The van der Waals surface area contributed by atoms with E-state index in [2.05, 4.69) is 5.10 Å². The van der Waals surface area contributed by atoms with Gasteiger partial charge in [-0.05, 0) is 50.8 Å². The van der Waals surface area contributed by atoms with Gasteiger partial charge in [-0.2, -0.15) is 5.10 Å². The molecule has 0 bridgehead atoms. The first-order valence-corrected chi connectivity index (χ1v) is 9.07. The Morgan fingerprint density at radius 1 is 1.23 bits per heavy atom. The number of hydrogen-bond donors (Lipinski definition) is 1. The molecule has 2 heterocycles. The van der Waals surface area contributed by atoms with E-state index in [-0.39, 0.29) is 11.8 Å². The molecule has 0 unspecified atom stereocenters. The SMILES string of the molecule is Cc1ccc(-n2nc(C(=O)N3C[C@@H]4CCC[C@@]4(C(=O)O)C3)cc2C)cc1. The van der Waals surface area contributed by atoms with Crippen LogP contribution in [0.25, 0.3) is 5.69 Å². The van der Waals surface area contributed by atoms with E-state index >= 15 is 0 Å². The molecule has 2 aromatic rings. The minimum Gasteiger partial charge on any atom is -0.481 e. The second kappa shape index (κ2) is 5.97. The number of hydrogen-bond acceptors (Lipinski definition) is 3. The summed E-state index contributed by atoms with van der Waals surface area (Å²) >= 11 is 0. The van der Waals surface area contributed by atoms with E-state index in [9.17, 15) is 14.7 Å². The molecule has 1 aromatic heterocycles. The van der Waals surface area contributed by atoms with Gasteiger partial charge in [-0.1, -0.05) is 24.1 Å². The average molecular weight is 353 g/mol. The predicted octanol–water partition coefficient (Wildman–Crippen LogP) is 2.82. The summed E-state index contributed by atoms with van der Waals surface area (Å²) in [5, 5.41) is 14.2. The quantitative estimate of drug-likeness (QED) is 0.921. The third kappa shape index (κ3) is 2.52. The molecule has 2 fully saturated rings. The van der Waals surface area contributed by atoms with Crippen molar-refractivity contribution in [2.24, 2.45) is 11.3 Å². The molecular formula is C20H23N3O3. The molecule has 1 saturated heterocycles. The normalized spacial score (nSPS) is 24.7. The summed E-state index contributed by atoms with van der Waals surface area (Å²) in [6.07, 6.45) is 2.47. The molecule has 0 radical (unpaired) electrons. The van der Waals surface area contributed by atoms with Gasteiger partial charge in [-0.25, -0.2) is 4.68 Å². The Morgan fingerprint density at radius 3 is 2.62 bits per heavy atom. The van der Waals surface area contributed by atoms with Crippen LogP contribution in [0, 0.1) is 25.2 Å². The van der Waals surface area contributed by atoms with Crippen molar-refractivity contribution in [1.82, 2.24) is 14.7 Å². The number of benzene rings is 1. The Bertz CT molecular complexity index is 871. The van der Waals surface area contributed by atoms with Crippen LogP contribution in [0.2, 0.25) is 0 Å². The third-order valence-electron chi connectivity index (χ3n) is 5.97. The Balaban J connectivity index is 1.59. The van der Waals surface area contributed by atoms with Crippen molar-refractivity contribution in [2.75, 3.05) is 13.1 Å². The number of nitrogens with zero attached hydrogens (tertiary/aromatic N) is 3. The largest absolute Gasteiger partial charge is 0.481 e. The van der Waals surface area contributed by atoms with Crippen LogP contribution in [-0.4, -0.2) is 44.8 Å². The van der Waals surface area contributed by atoms with E-state index in [1.807, 2.05) is 38.1 Å². The smallest absolute Gasteiger partial charge is 0.311 e. The lowest BCUT2D eigenvalue weighted by Gasteiger charge is -2.23. The summed E-state index contributed by atoms with van der Waals surface area (Å²) < 4.78 is 1.76. The minimum absolute atomic E-state index is 0.0595.